The van der Waals surface area contributed by atoms with Crippen molar-refractivity contribution in [1.82, 2.24) is 5.32 Å². The Hall–Kier alpha value is -2.50. The van der Waals surface area contributed by atoms with Crippen LogP contribution in [0.4, 0.5) is 32.0 Å². The lowest BCUT2D eigenvalue weighted by Gasteiger charge is -2.19. The van der Waals surface area contributed by atoms with Gasteiger partial charge in [-0.05, 0) is 17.2 Å². The molecule has 0 saturated heterocycles. The van der Waals surface area contributed by atoms with Gasteiger partial charge in [0, 0.05) is 37.8 Å². The van der Waals surface area contributed by atoms with Gasteiger partial charge >= 0.3 is 24.3 Å². The van der Waals surface area contributed by atoms with Crippen LogP contribution in [-0.4, -0.2) is 56.1 Å². The number of rotatable bonds is 2. The van der Waals surface area contributed by atoms with E-state index in [9.17, 15) is 31.1 Å². The van der Waals surface area contributed by atoms with Crippen molar-refractivity contribution in [2.45, 2.75) is 31.2 Å². The number of anilines is 1. The molecule has 0 amide bonds. The number of nitrogens with one attached hydrogen (secondary N) is 1. The fraction of sp³-hybridized carbons (Fsp3) is 0.529. The second kappa shape index (κ2) is 8.47. The minimum absolute atomic E-state index is 0.250. The Morgan fingerprint density at radius 2 is 1.86 bits per heavy atom. The van der Waals surface area contributed by atoms with Crippen molar-refractivity contribution in [2.24, 2.45) is 0 Å². The van der Waals surface area contributed by atoms with E-state index >= 15 is 0 Å². The molecule has 2 heterocycles. The molecular formula is C17H18F6N2O4. The molecule has 0 fully saturated rings. The highest BCUT2D eigenvalue weighted by molar-refractivity contribution is 5.94. The molecule has 6 nitrogen and oxygen atoms in total. The molecule has 0 saturated carbocycles. The molecule has 2 aliphatic heterocycles. The van der Waals surface area contributed by atoms with E-state index in [0.29, 0.717) is 25.2 Å². The average Bonchev–Trinajstić information content (AvgIpc) is 2.81. The van der Waals surface area contributed by atoms with Crippen LogP contribution >= 0.6 is 0 Å². The van der Waals surface area contributed by atoms with Gasteiger partial charge < -0.3 is 20.1 Å². The summed E-state index contributed by atoms with van der Waals surface area (Å²) in [4.78, 5) is 22.8. The van der Waals surface area contributed by atoms with Crippen LogP contribution in [0.3, 0.4) is 0 Å². The maximum Gasteiger partial charge on any atom is 0.490 e. The minimum atomic E-state index is -5.08. The van der Waals surface area contributed by atoms with Crippen molar-refractivity contribution in [3.63, 3.8) is 0 Å². The molecular weight excluding hydrogens is 410 g/mol. The standard InChI is InChI=1S/C15H17F3N2O2.C2HF3O2/c1-22-14(21)11-3-2-9-7-19-4-5-20-8-10(6-15(16,17)18)12(11)13(9)20;3-2(4,5)1(6)7/h2-3,10,19H,4-8H2,1H3;(H,6,7). The number of nitrogens with zero attached hydrogens (tertiary/aromatic N) is 1. The Bertz CT molecular complexity index is 778. The molecule has 29 heavy (non-hydrogen) atoms. The van der Waals surface area contributed by atoms with Crippen LogP contribution in [-0.2, 0) is 16.1 Å². The molecule has 0 spiro atoms. The number of hydrogen-bond donors (Lipinski definition) is 2. The molecule has 0 bridgehead atoms. The molecule has 1 aromatic carbocycles. The van der Waals surface area contributed by atoms with E-state index in [1.165, 1.54) is 7.11 Å². The summed E-state index contributed by atoms with van der Waals surface area (Å²) in [5.41, 5.74) is 2.46. The summed E-state index contributed by atoms with van der Waals surface area (Å²) >= 11 is 0. The third-order valence-corrected chi connectivity index (χ3v) is 4.47. The lowest BCUT2D eigenvalue weighted by molar-refractivity contribution is -0.192. The number of aliphatic carboxylic acids is 1. The maximum atomic E-state index is 12.9. The Labute approximate surface area is 161 Å². The molecule has 2 aliphatic rings. The van der Waals surface area contributed by atoms with Gasteiger partial charge in [0.2, 0.25) is 0 Å². The van der Waals surface area contributed by atoms with E-state index < -0.39 is 36.6 Å². The van der Waals surface area contributed by atoms with Gasteiger partial charge in [0.1, 0.15) is 0 Å². The number of halogens is 6. The predicted molar refractivity (Wildman–Crippen MR) is 88.8 cm³/mol. The highest BCUT2D eigenvalue weighted by Gasteiger charge is 2.42. The van der Waals surface area contributed by atoms with Gasteiger partial charge in [0.05, 0.1) is 19.1 Å². The molecule has 1 aromatic rings. The zero-order chi connectivity index (χ0) is 22.0. The molecule has 1 unspecified atom stereocenters. The SMILES string of the molecule is COC(=O)c1ccc2c3c1C(CC(F)(F)F)CN3CCNC2.O=C(O)C(F)(F)F. The van der Waals surface area contributed by atoms with Crippen molar-refractivity contribution in [3.8, 4) is 0 Å². The number of alkyl halides is 6. The van der Waals surface area contributed by atoms with Crippen molar-refractivity contribution in [3.05, 3.63) is 28.8 Å². The number of esters is 1. The summed E-state index contributed by atoms with van der Waals surface area (Å²) in [6.07, 6.45) is -10.3. The van der Waals surface area contributed by atoms with Gasteiger partial charge in [-0.15, -0.1) is 0 Å². The first-order valence-electron chi connectivity index (χ1n) is 8.41. The Kier molecular flexibility index (Phi) is 6.66. The van der Waals surface area contributed by atoms with Crippen LogP contribution in [0.15, 0.2) is 12.1 Å². The van der Waals surface area contributed by atoms with Crippen molar-refractivity contribution < 1.29 is 45.8 Å². The second-order valence-corrected chi connectivity index (χ2v) is 6.47. The third-order valence-electron chi connectivity index (χ3n) is 4.47. The lowest BCUT2D eigenvalue weighted by atomic mass is 9.91. The van der Waals surface area contributed by atoms with Crippen LogP contribution in [0.25, 0.3) is 0 Å². The van der Waals surface area contributed by atoms with Crippen LogP contribution in [0.5, 0.6) is 0 Å². The van der Waals surface area contributed by atoms with Crippen LogP contribution < -0.4 is 10.2 Å². The monoisotopic (exact) mass is 428 g/mol. The number of benzene rings is 1. The summed E-state index contributed by atoms with van der Waals surface area (Å²) in [7, 11) is 1.24. The second-order valence-electron chi connectivity index (χ2n) is 6.47. The average molecular weight is 428 g/mol. The predicted octanol–water partition coefficient (Wildman–Crippen LogP) is 3.07. The highest BCUT2D eigenvalue weighted by Crippen LogP contribution is 2.46. The number of carbonyl (C=O) groups excluding carboxylic acids is 1. The van der Waals surface area contributed by atoms with E-state index in [1.54, 1.807) is 12.1 Å². The van der Waals surface area contributed by atoms with Gasteiger partial charge in [-0.25, -0.2) is 9.59 Å². The number of carboxylic acid groups (broad SMARTS) is 1. The first kappa shape index (κ1) is 22.8. The number of carbonyl (C=O) groups is 2. The quantitative estimate of drug-likeness (QED) is 0.557. The summed E-state index contributed by atoms with van der Waals surface area (Å²) in [6, 6.07) is 3.38. The van der Waals surface area contributed by atoms with E-state index in [-0.39, 0.29) is 12.1 Å². The van der Waals surface area contributed by atoms with Crippen LogP contribution in [0, 0.1) is 0 Å². The van der Waals surface area contributed by atoms with Gasteiger partial charge in [-0.3, -0.25) is 0 Å². The van der Waals surface area contributed by atoms with Crippen molar-refractivity contribution >= 4 is 17.6 Å². The maximum absolute atomic E-state index is 12.9. The molecule has 12 heteroatoms. The zero-order valence-electron chi connectivity index (χ0n) is 15.2. The molecule has 3 rings (SSSR count). The third kappa shape index (κ3) is 5.52. The Morgan fingerprint density at radius 3 is 2.38 bits per heavy atom. The fourth-order valence-corrected chi connectivity index (χ4v) is 3.41. The van der Waals surface area contributed by atoms with Gasteiger partial charge in [-0.2, -0.15) is 26.3 Å². The highest BCUT2D eigenvalue weighted by atomic mass is 19.4. The smallest absolute Gasteiger partial charge is 0.475 e. The molecule has 0 aliphatic carbocycles. The summed E-state index contributed by atoms with van der Waals surface area (Å²) in [5.74, 6) is -4.06. The number of hydrogen-bond acceptors (Lipinski definition) is 5. The molecule has 0 aromatic heterocycles. The topological polar surface area (TPSA) is 78.9 Å². The molecule has 0 radical (unpaired) electrons. The van der Waals surface area contributed by atoms with Crippen LogP contribution in [0.2, 0.25) is 0 Å². The molecule has 2 N–H and O–H groups in total. The largest absolute Gasteiger partial charge is 0.490 e. The van der Waals surface area contributed by atoms with Crippen LogP contribution in [0.1, 0.15) is 33.8 Å². The first-order valence-corrected chi connectivity index (χ1v) is 8.41. The number of methoxy groups -OCH3 is 1. The van der Waals surface area contributed by atoms with E-state index in [2.05, 4.69) is 5.32 Å². The summed E-state index contributed by atoms with van der Waals surface area (Å²) < 4.78 is 75.2. The van der Waals surface area contributed by atoms with E-state index in [4.69, 9.17) is 14.6 Å². The summed E-state index contributed by atoms with van der Waals surface area (Å²) in [5, 5.41) is 10.4. The summed E-state index contributed by atoms with van der Waals surface area (Å²) in [6.45, 7) is 2.23. The zero-order valence-corrected chi connectivity index (χ0v) is 15.2. The fourth-order valence-electron chi connectivity index (χ4n) is 3.41. The van der Waals surface area contributed by atoms with Gasteiger partial charge in [0.25, 0.3) is 0 Å². The van der Waals surface area contributed by atoms with Gasteiger partial charge in [-0.1, -0.05) is 6.07 Å². The van der Waals surface area contributed by atoms with E-state index in [1.807, 2.05) is 4.90 Å². The minimum Gasteiger partial charge on any atom is -0.475 e. The van der Waals surface area contributed by atoms with Gasteiger partial charge in [0.15, 0.2) is 0 Å². The molecule has 162 valence electrons. The number of ether oxygens (including phenoxy) is 1. The number of carboxylic acids is 1. The first-order chi connectivity index (χ1) is 13.3. The lowest BCUT2D eigenvalue weighted by Crippen LogP contribution is -2.29. The van der Waals surface area contributed by atoms with E-state index in [0.717, 1.165) is 11.3 Å². The van der Waals surface area contributed by atoms with Crippen molar-refractivity contribution in [1.29, 1.82) is 0 Å². The Balaban J connectivity index is 0.000000370. The normalized spacial score (nSPS) is 18.3. The Morgan fingerprint density at radius 1 is 1.24 bits per heavy atom. The molecule has 1 atom stereocenters. The van der Waals surface area contributed by atoms with Crippen molar-refractivity contribution in [2.75, 3.05) is 31.6 Å².